The third-order valence-corrected chi connectivity index (χ3v) is 6.96. The molecule has 1 atom stereocenters. The van der Waals surface area contributed by atoms with Crippen LogP contribution in [0.5, 0.6) is 0 Å². The van der Waals surface area contributed by atoms with Gasteiger partial charge in [0.05, 0.1) is 13.2 Å². The largest absolute Gasteiger partial charge is 0.379 e. The maximum Gasteiger partial charge on any atom is 0.249 e. The van der Waals surface area contributed by atoms with Crippen LogP contribution in [0.2, 0.25) is 10.0 Å². The minimum atomic E-state index is -0.816. The standard InChI is InChI=1S/C25H31Cl2N3O2/c1-18(2)30(10-4-9-29-11-13-32-14-12-29)25(17-19-5-3-6-20(26)15-19)22-8-7-21(27)16-23(22)28-24(25)31/h3,5-8,15-16,18H,4,9-14,17H2,1-2H3,(H,28,31). The Morgan fingerprint density at radius 1 is 1.12 bits per heavy atom. The van der Waals surface area contributed by atoms with Crippen LogP contribution in [-0.4, -0.2) is 61.1 Å². The van der Waals surface area contributed by atoms with Crippen LogP contribution >= 0.6 is 23.2 Å². The number of morpholine rings is 1. The third kappa shape index (κ3) is 4.82. The molecule has 1 fully saturated rings. The van der Waals surface area contributed by atoms with Gasteiger partial charge in [0.25, 0.3) is 0 Å². The molecule has 0 aromatic heterocycles. The van der Waals surface area contributed by atoms with Gasteiger partial charge >= 0.3 is 0 Å². The number of carbonyl (C=O) groups is 1. The summed E-state index contributed by atoms with van der Waals surface area (Å²) in [7, 11) is 0. The van der Waals surface area contributed by atoms with Crippen LogP contribution in [0, 0.1) is 0 Å². The molecule has 1 amide bonds. The second-order valence-electron chi connectivity index (χ2n) is 8.91. The zero-order chi connectivity index (χ0) is 22.7. The van der Waals surface area contributed by atoms with Gasteiger partial charge in [0.1, 0.15) is 5.54 Å². The van der Waals surface area contributed by atoms with Gasteiger partial charge in [-0.1, -0.05) is 41.4 Å². The lowest BCUT2D eigenvalue weighted by Gasteiger charge is -2.43. The van der Waals surface area contributed by atoms with Crippen LogP contribution in [0.3, 0.4) is 0 Å². The Morgan fingerprint density at radius 2 is 1.88 bits per heavy atom. The molecule has 5 nitrogen and oxygen atoms in total. The number of nitrogens with one attached hydrogen (secondary N) is 1. The lowest BCUT2D eigenvalue weighted by Crippen LogP contribution is -2.56. The number of rotatable bonds is 8. The van der Waals surface area contributed by atoms with Gasteiger partial charge < -0.3 is 10.1 Å². The zero-order valence-corrected chi connectivity index (χ0v) is 20.3. The first-order valence-corrected chi connectivity index (χ1v) is 12.1. The summed E-state index contributed by atoms with van der Waals surface area (Å²) in [6, 6.07) is 13.7. The van der Waals surface area contributed by atoms with Crippen molar-refractivity contribution in [1.29, 1.82) is 0 Å². The first-order chi connectivity index (χ1) is 15.4. The number of hydrogen-bond donors (Lipinski definition) is 1. The molecular formula is C25H31Cl2N3O2. The molecule has 172 valence electrons. The number of ether oxygens (including phenoxy) is 1. The van der Waals surface area contributed by atoms with Crippen molar-refractivity contribution in [3.05, 3.63) is 63.6 Å². The topological polar surface area (TPSA) is 44.8 Å². The van der Waals surface area contributed by atoms with Crippen LogP contribution in [0.1, 0.15) is 31.4 Å². The fourth-order valence-corrected chi connectivity index (χ4v) is 5.40. The van der Waals surface area contributed by atoms with Gasteiger partial charge in [0.15, 0.2) is 0 Å². The molecular weight excluding hydrogens is 445 g/mol. The quantitative estimate of drug-likeness (QED) is 0.594. The average molecular weight is 476 g/mol. The van der Waals surface area contributed by atoms with Crippen LogP contribution in [-0.2, 0) is 21.5 Å². The van der Waals surface area contributed by atoms with Gasteiger partial charge in [0, 0.05) is 53.4 Å². The molecule has 2 aliphatic heterocycles. The van der Waals surface area contributed by atoms with E-state index in [1.165, 1.54) is 0 Å². The maximum atomic E-state index is 13.7. The first kappa shape index (κ1) is 23.5. The molecule has 0 radical (unpaired) electrons. The Morgan fingerprint density at radius 3 is 2.59 bits per heavy atom. The first-order valence-electron chi connectivity index (χ1n) is 11.3. The highest BCUT2D eigenvalue weighted by atomic mass is 35.5. The van der Waals surface area contributed by atoms with Gasteiger partial charge in [-0.3, -0.25) is 14.6 Å². The van der Waals surface area contributed by atoms with Crippen molar-refractivity contribution in [2.24, 2.45) is 0 Å². The smallest absolute Gasteiger partial charge is 0.249 e. The number of nitrogens with zero attached hydrogens (tertiary/aromatic N) is 2. The second kappa shape index (κ2) is 10.1. The summed E-state index contributed by atoms with van der Waals surface area (Å²) in [5.41, 5.74) is 1.99. The molecule has 0 saturated carbocycles. The molecule has 2 aliphatic rings. The summed E-state index contributed by atoms with van der Waals surface area (Å²) in [6.07, 6.45) is 1.52. The molecule has 0 bridgehead atoms. The van der Waals surface area contributed by atoms with Gasteiger partial charge in [0.2, 0.25) is 5.91 Å². The number of anilines is 1. The Hall–Kier alpha value is -1.63. The van der Waals surface area contributed by atoms with Crippen molar-refractivity contribution in [3.8, 4) is 0 Å². The predicted molar refractivity (Wildman–Crippen MR) is 131 cm³/mol. The highest BCUT2D eigenvalue weighted by Gasteiger charge is 2.51. The molecule has 2 aromatic carbocycles. The Labute approximate surface area is 200 Å². The summed E-state index contributed by atoms with van der Waals surface area (Å²) in [5, 5.41) is 4.41. The molecule has 32 heavy (non-hydrogen) atoms. The van der Waals surface area contributed by atoms with Gasteiger partial charge in [-0.25, -0.2) is 0 Å². The fourth-order valence-electron chi connectivity index (χ4n) is 5.01. The summed E-state index contributed by atoms with van der Waals surface area (Å²) in [6.45, 7) is 9.66. The number of benzene rings is 2. The summed E-state index contributed by atoms with van der Waals surface area (Å²) in [5.74, 6) is -0.00480. The van der Waals surface area contributed by atoms with Crippen molar-refractivity contribution >= 4 is 34.8 Å². The molecule has 1 saturated heterocycles. The average Bonchev–Trinajstić information content (AvgIpc) is 3.02. The molecule has 1 N–H and O–H groups in total. The van der Waals surface area contributed by atoms with E-state index in [-0.39, 0.29) is 11.9 Å². The van der Waals surface area contributed by atoms with Crippen LogP contribution in [0.4, 0.5) is 5.69 Å². The lowest BCUT2D eigenvalue weighted by molar-refractivity contribution is -0.129. The molecule has 0 spiro atoms. The summed E-state index contributed by atoms with van der Waals surface area (Å²) in [4.78, 5) is 18.5. The summed E-state index contributed by atoms with van der Waals surface area (Å²) >= 11 is 12.6. The Bertz CT molecular complexity index is 962. The number of carbonyl (C=O) groups excluding carboxylic acids is 1. The number of amides is 1. The monoisotopic (exact) mass is 475 g/mol. The minimum Gasteiger partial charge on any atom is -0.379 e. The van der Waals surface area contributed by atoms with E-state index < -0.39 is 5.54 Å². The van der Waals surface area contributed by atoms with Crippen LogP contribution < -0.4 is 5.32 Å². The maximum absolute atomic E-state index is 13.7. The third-order valence-electron chi connectivity index (χ3n) is 6.49. The van der Waals surface area contributed by atoms with Gasteiger partial charge in [-0.15, -0.1) is 0 Å². The normalized spacial score (nSPS) is 21.2. The van der Waals surface area contributed by atoms with Crippen molar-refractivity contribution in [1.82, 2.24) is 9.80 Å². The van der Waals surface area contributed by atoms with Crippen molar-refractivity contribution in [2.45, 2.75) is 38.3 Å². The van der Waals surface area contributed by atoms with Crippen molar-refractivity contribution in [3.63, 3.8) is 0 Å². The highest BCUT2D eigenvalue weighted by Crippen LogP contribution is 2.45. The van der Waals surface area contributed by atoms with E-state index in [9.17, 15) is 4.79 Å². The fraction of sp³-hybridized carbons (Fsp3) is 0.480. The van der Waals surface area contributed by atoms with Crippen LogP contribution in [0.25, 0.3) is 0 Å². The molecule has 7 heteroatoms. The van der Waals surface area contributed by atoms with Gasteiger partial charge in [-0.2, -0.15) is 0 Å². The Balaban J connectivity index is 1.68. The zero-order valence-electron chi connectivity index (χ0n) is 18.7. The van der Waals surface area contributed by atoms with E-state index in [4.69, 9.17) is 27.9 Å². The van der Waals surface area contributed by atoms with E-state index >= 15 is 0 Å². The van der Waals surface area contributed by atoms with E-state index in [1.54, 1.807) is 0 Å². The molecule has 1 unspecified atom stereocenters. The molecule has 2 heterocycles. The van der Waals surface area contributed by atoms with E-state index in [1.807, 2.05) is 42.5 Å². The van der Waals surface area contributed by atoms with E-state index in [0.29, 0.717) is 16.5 Å². The molecule has 0 aliphatic carbocycles. The molecule has 4 rings (SSSR count). The summed E-state index contributed by atoms with van der Waals surface area (Å²) < 4.78 is 5.47. The van der Waals surface area contributed by atoms with Crippen molar-refractivity contribution in [2.75, 3.05) is 44.7 Å². The van der Waals surface area contributed by atoms with Crippen molar-refractivity contribution < 1.29 is 9.53 Å². The minimum absolute atomic E-state index is 0.00480. The van der Waals surface area contributed by atoms with E-state index in [0.717, 1.165) is 62.6 Å². The number of hydrogen-bond acceptors (Lipinski definition) is 4. The Kier molecular flexibility index (Phi) is 7.43. The second-order valence-corrected chi connectivity index (χ2v) is 9.78. The highest BCUT2D eigenvalue weighted by molar-refractivity contribution is 6.31. The van der Waals surface area contributed by atoms with Crippen LogP contribution in [0.15, 0.2) is 42.5 Å². The molecule has 2 aromatic rings. The number of halogens is 2. The van der Waals surface area contributed by atoms with Gasteiger partial charge in [-0.05, 0) is 56.6 Å². The lowest BCUT2D eigenvalue weighted by atomic mass is 9.82. The number of fused-ring (bicyclic) bond motifs is 1. The SMILES string of the molecule is CC(C)N(CCCN1CCOCC1)C1(Cc2cccc(Cl)c2)C(=O)Nc2cc(Cl)ccc21. The predicted octanol–water partition coefficient (Wildman–Crippen LogP) is 4.82. The van der Waals surface area contributed by atoms with E-state index in [2.05, 4.69) is 29.0 Å².